The van der Waals surface area contributed by atoms with Gasteiger partial charge in [0.25, 0.3) is 6.43 Å². The lowest BCUT2D eigenvalue weighted by Gasteiger charge is -2.37. The van der Waals surface area contributed by atoms with Gasteiger partial charge in [-0.05, 0) is 25.0 Å². The third-order valence-corrected chi connectivity index (χ3v) is 5.09. The smallest absolute Gasteiger partial charge is 0.279 e. The molecule has 2 aromatic heterocycles. The molecular weight excluding hydrogens is 368 g/mol. The predicted octanol–water partition coefficient (Wildman–Crippen LogP) is 1.47. The summed E-state index contributed by atoms with van der Waals surface area (Å²) in [7, 11) is 0. The fourth-order valence-corrected chi connectivity index (χ4v) is 3.25. The van der Waals surface area contributed by atoms with Crippen molar-refractivity contribution in [3.8, 4) is 11.4 Å². The second kappa shape index (κ2) is 7.36. The monoisotopic (exact) mass is 389 g/mol. The van der Waals surface area contributed by atoms with E-state index in [9.17, 15) is 13.9 Å². The van der Waals surface area contributed by atoms with Gasteiger partial charge in [0.2, 0.25) is 0 Å². The number of allylic oxidation sites excluding steroid dienone is 1. The van der Waals surface area contributed by atoms with Crippen LogP contribution in [0.4, 0.5) is 14.6 Å². The standard InChI is InChI=1S/C18H21F2N7O/c19-17(20)11(21)1-2-15-23-8-13(26-15)12-7-16(25-10-24-12)27-6-5-22-14(9-27)18(28)3-4-18/h1-2,7-8,10,14,17,21-22,28H,3-6,9H2,(H,23,26)/b2-1-,21-11?. The highest BCUT2D eigenvalue weighted by Gasteiger charge is 2.49. The molecular formula is C18H21F2N7O. The average Bonchev–Trinajstić information content (AvgIpc) is 3.29. The first-order chi connectivity index (χ1) is 13.4. The van der Waals surface area contributed by atoms with Gasteiger partial charge in [-0.2, -0.15) is 0 Å². The number of alkyl halides is 2. The number of anilines is 1. The van der Waals surface area contributed by atoms with Gasteiger partial charge in [0, 0.05) is 25.7 Å². The van der Waals surface area contributed by atoms with Crippen molar-refractivity contribution in [3.63, 3.8) is 0 Å². The number of piperazine rings is 1. The second-order valence-corrected chi connectivity index (χ2v) is 7.09. The molecule has 8 nitrogen and oxygen atoms in total. The summed E-state index contributed by atoms with van der Waals surface area (Å²) in [6, 6.07) is 1.86. The van der Waals surface area contributed by atoms with Crippen molar-refractivity contribution in [2.24, 2.45) is 0 Å². The van der Waals surface area contributed by atoms with Gasteiger partial charge in [-0.3, -0.25) is 5.41 Å². The van der Waals surface area contributed by atoms with Crippen LogP contribution in [-0.2, 0) is 0 Å². The molecule has 1 aliphatic carbocycles. The molecule has 0 radical (unpaired) electrons. The first-order valence-corrected chi connectivity index (χ1v) is 9.07. The van der Waals surface area contributed by atoms with E-state index in [0.717, 1.165) is 37.8 Å². The predicted molar refractivity (Wildman–Crippen MR) is 101 cm³/mol. The van der Waals surface area contributed by atoms with Crippen molar-refractivity contribution in [2.45, 2.75) is 30.9 Å². The Balaban J connectivity index is 1.49. The highest BCUT2D eigenvalue weighted by Crippen LogP contribution is 2.39. The van der Waals surface area contributed by atoms with Crippen LogP contribution in [0.2, 0.25) is 0 Å². The number of nitrogens with one attached hydrogen (secondary N) is 3. The maximum Gasteiger partial charge on any atom is 0.279 e. The van der Waals surface area contributed by atoms with Gasteiger partial charge in [0.15, 0.2) is 0 Å². The van der Waals surface area contributed by atoms with Gasteiger partial charge < -0.3 is 20.3 Å². The number of aliphatic hydroxyl groups is 1. The SMILES string of the molecule is N=C(/C=C\c1ncc(-c2cc(N3CCNC(C4(O)CC4)C3)ncn2)[nH]1)C(F)F. The van der Waals surface area contributed by atoms with Crippen LogP contribution in [0, 0.1) is 5.41 Å². The first kappa shape index (κ1) is 18.6. The molecule has 4 rings (SSSR count). The fraction of sp³-hybridized carbons (Fsp3) is 0.444. The number of H-pyrrole nitrogens is 1. The van der Waals surface area contributed by atoms with Gasteiger partial charge >= 0.3 is 0 Å². The molecule has 1 aliphatic heterocycles. The van der Waals surface area contributed by atoms with Crippen LogP contribution < -0.4 is 10.2 Å². The topological polar surface area (TPSA) is 114 Å². The Bertz CT molecular complexity index is 894. The molecule has 3 heterocycles. The molecule has 148 valence electrons. The normalized spacial score (nSPS) is 21.4. The van der Waals surface area contributed by atoms with E-state index >= 15 is 0 Å². The summed E-state index contributed by atoms with van der Waals surface area (Å²) < 4.78 is 24.8. The molecule has 0 aromatic carbocycles. The minimum Gasteiger partial charge on any atom is -0.388 e. The molecule has 2 fully saturated rings. The molecule has 1 unspecified atom stereocenters. The summed E-state index contributed by atoms with van der Waals surface area (Å²) in [4.78, 5) is 17.8. The summed E-state index contributed by atoms with van der Waals surface area (Å²) >= 11 is 0. The summed E-state index contributed by atoms with van der Waals surface area (Å²) in [5.74, 6) is 1.12. The highest BCUT2D eigenvalue weighted by atomic mass is 19.3. The Hall–Kier alpha value is -2.72. The lowest BCUT2D eigenvalue weighted by Crippen LogP contribution is -2.57. The van der Waals surface area contributed by atoms with Crippen LogP contribution in [0.5, 0.6) is 0 Å². The van der Waals surface area contributed by atoms with Crippen molar-refractivity contribution in [1.82, 2.24) is 25.3 Å². The Morgan fingerprint density at radius 3 is 2.93 bits per heavy atom. The highest BCUT2D eigenvalue weighted by molar-refractivity contribution is 5.97. The molecule has 1 saturated carbocycles. The number of hydrogen-bond acceptors (Lipinski definition) is 7. The van der Waals surface area contributed by atoms with Gasteiger partial charge in [0.1, 0.15) is 18.0 Å². The summed E-state index contributed by atoms with van der Waals surface area (Å²) in [5.41, 5.74) is -0.126. The van der Waals surface area contributed by atoms with Crippen molar-refractivity contribution in [3.05, 3.63) is 30.5 Å². The fourth-order valence-electron chi connectivity index (χ4n) is 3.25. The van der Waals surface area contributed by atoms with E-state index in [1.807, 2.05) is 6.07 Å². The van der Waals surface area contributed by atoms with Crippen molar-refractivity contribution < 1.29 is 13.9 Å². The van der Waals surface area contributed by atoms with E-state index in [2.05, 4.69) is 30.2 Å². The lowest BCUT2D eigenvalue weighted by molar-refractivity contribution is 0.0995. The van der Waals surface area contributed by atoms with Crippen LogP contribution in [0.3, 0.4) is 0 Å². The summed E-state index contributed by atoms with van der Waals surface area (Å²) in [5, 5.41) is 20.9. The molecule has 1 atom stereocenters. The van der Waals surface area contributed by atoms with Crippen LogP contribution in [0.15, 0.2) is 24.7 Å². The quantitative estimate of drug-likeness (QED) is 0.557. The second-order valence-electron chi connectivity index (χ2n) is 7.09. The molecule has 0 amide bonds. The molecule has 0 spiro atoms. The summed E-state index contributed by atoms with van der Waals surface area (Å²) in [6.45, 7) is 2.21. The van der Waals surface area contributed by atoms with E-state index in [4.69, 9.17) is 5.41 Å². The molecule has 10 heteroatoms. The van der Waals surface area contributed by atoms with Crippen LogP contribution >= 0.6 is 0 Å². The Morgan fingerprint density at radius 1 is 1.36 bits per heavy atom. The lowest BCUT2D eigenvalue weighted by atomic mass is 10.1. The average molecular weight is 389 g/mol. The largest absolute Gasteiger partial charge is 0.388 e. The molecule has 2 aliphatic rings. The Kier molecular flexibility index (Phi) is 4.90. The number of aromatic nitrogens is 4. The zero-order chi connectivity index (χ0) is 19.7. The molecule has 4 N–H and O–H groups in total. The number of aromatic amines is 1. The maximum absolute atomic E-state index is 12.4. The number of rotatable bonds is 6. The van der Waals surface area contributed by atoms with Crippen LogP contribution in [0.25, 0.3) is 17.5 Å². The van der Waals surface area contributed by atoms with Gasteiger partial charge in [-0.1, -0.05) is 0 Å². The first-order valence-electron chi connectivity index (χ1n) is 9.07. The van der Waals surface area contributed by atoms with E-state index in [-0.39, 0.29) is 6.04 Å². The van der Waals surface area contributed by atoms with Crippen molar-refractivity contribution >= 4 is 17.6 Å². The molecule has 28 heavy (non-hydrogen) atoms. The number of hydrogen-bond donors (Lipinski definition) is 4. The Morgan fingerprint density at radius 2 is 2.18 bits per heavy atom. The molecule has 2 aromatic rings. The number of imidazole rings is 1. The van der Waals surface area contributed by atoms with Gasteiger partial charge in [-0.25, -0.2) is 23.7 Å². The van der Waals surface area contributed by atoms with E-state index < -0.39 is 17.7 Å². The van der Waals surface area contributed by atoms with Gasteiger partial charge in [-0.15, -0.1) is 0 Å². The number of halogens is 2. The van der Waals surface area contributed by atoms with Crippen LogP contribution in [-0.4, -0.2) is 68.5 Å². The van der Waals surface area contributed by atoms with Crippen molar-refractivity contribution in [1.29, 1.82) is 5.41 Å². The molecule has 0 bridgehead atoms. The minimum atomic E-state index is -2.81. The van der Waals surface area contributed by atoms with E-state index in [1.165, 1.54) is 12.4 Å². The maximum atomic E-state index is 12.4. The third kappa shape index (κ3) is 3.92. The van der Waals surface area contributed by atoms with Crippen LogP contribution in [0.1, 0.15) is 18.7 Å². The minimum absolute atomic E-state index is 0.0220. The zero-order valence-electron chi connectivity index (χ0n) is 15.1. The third-order valence-electron chi connectivity index (χ3n) is 5.09. The van der Waals surface area contributed by atoms with E-state index in [1.54, 1.807) is 6.20 Å². The number of nitrogens with zero attached hydrogens (tertiary/aromatic N) is 4. The Labute approximate surface area is 160 Å². The molecule has 1 saturated heterocycles. The zero-order valence-corrected chi connectivity index (χ0v) is 15.1. The van der Waals surface area contributed by atoms with Gasteiger partial charge in [0.05, 0.1) is 34.9 Å². The summed E-state index contributed by atoms with van der Waals surface area (Å²) in [6.07, 6.45) is 4.20. The van der Waals surface area contributed by atoms with Crippen molar-refractivity contribution in [2.75, 3.05) is 24.5 Å². The van der Waals surface area contributed by atoms with E-state index in [0.29, 0.717) is 23.8 Å².